The molecule has 0 spiro atoms. The predicted molar refractivity (Wildman–Crippen MR) is 62.2 cm³/mol. The number of halogens is 1. The molecule has 0 atom stereocenters. The summed E-state index contributed by atoms with van der Waals surface area (Å²) in [5, 5.41) is 12.8. The summed E-state index contributed by atoms with van der Waals surface area (Å²) in [4.78, 5) is 25.4. The van der Waals surface area contributed by atoms with Crippen LogP contribution in [0.3, 0.4) is 0 Å². The van der Waals surface area contributed by atoms with Crippen LogP contribution in [0.4, 0.5) is 16.1 Å². The van der Waals surface area contributed by atoms with Gasteiger partial charge in [0.25, 0.3) is 11.6 Å². The van der Waals surface area contributed by atoms with Gasteiger partial charge in [-0.3, -0.25) is 20.2 Å². The molecule has 1 N–H and O–H groups in total. The van der Waals surface area contributed by atoms with E-state index in [2.05, 4.69) is 10.3 Å². The number of hydrogen-bond acceptors (Lipinski definition) is 5. The number of nitrogens with one attached hydrogen (secondary N) is 1. The van der Waals surface area contributed by atoms with E-state index in [9.17, 15) is 19.3 Å². The molecular weight excluding hydrogens is 257 g/mol. The highest BCUT2D eigenvalue weighted by atomic mass is 19.1. The first-order valence-corrected chi connectivity index (χ1v) is 5.15. The van der Waals surface area contributed by atoms with Crippen molar-refractivity contribution in [1.82, 2.24) is 4.98 Å². The highest BCUT2D eigenvalue weighted by molar-refractivity contribution is 6.03. The van der Waals surface area contributed by atoms with Crippen molar-refractivity contribution in [3.63, 3.8) is 0 Å². The van der Waals surface area contributed by atoms with Crippen LogP contribution in [0.1, 0.15) is 16.1 Å². The van der Waals surface area contributed by atoms with Crippen molar-refractivity contribution in [2.24, 2.45) is 0 Å². The molecular formula is C11H8FN3O4. The molecule has 0 aliphatic heterocycles. The van der Waals surface area contributed by atoms with Gasteiger partial charge in [0.05, 0.1) is 16.2 Å². The second-order valence-electron chi connectivity index (χ2n) is 3.67. The molecule has 0 bridgehead atoms. The van der Waals surface area contributed by atoms with Crippen molar-refractivity contribution in [1.29, 1.82) is 0 Å². The first-order valence-electron chi connectivity index (χ1n) is 5.15. The van der Waals surface area contributed by atoms with E-state index in [0.717, 1.165) is 18.2 Å². The molecule has 0 radical (unpaired) electrons. The molecule has 1 aromatic heterocycles. The summed E-state index contributed by atoms with van der Waals surface area (Å²) in [6, 6.07) is 2.57. The van der Waals surface area contributed by atoms with Gasteiger partial charge in [0.2, 0.25) is 0 Å². The van der Waals surface area contributed by atoms with Crippen LogP contribution >= 0.6 is 0 Å². The lowest BCUT2D eigenvalue weighted by Gasteiger charge is -2.02. The van der Waals surface area contributed by atoms with Crippen molar-refractivity contribution in [3.8, 4) is 0 Å². The highest BCUT2D eigenvalue weighted by Crippen LogP contribution is 2.18. The molecule has 7 nitrogen and oxygen atoms in total. The summed E-state index contributed by atoms with van der Waals surface area (Å²) in [6.45, 7) is 1.65. The van der Waals surface area contributed by atoms with E-state index in [0.29, 0.717) is 5.69 Å². The maximum Gasteiger partial charge on any atom is 0.301 e. The fourth-order valence-corrected chi connectivity index (χ4v) is 1.38. The summed E-state index contributed by atoms with van der Waals surface area (Å²) in [6.07, 6.45) is 1.30. The summed E-state index contributed by atoms with van der Waals surface area (Å²) in [5.41, 5.74) is -0.296. The lowest BCUT2D eigenvalue weighted by molar-refractivity contribution is -0.384. The number of nitro groups is 1. The minimum absolute atomic E-state index is 0.103. The van der Waals surface area contributed by atoms with Crippen LogP contribution in [0.25, 0.3) is 0 Å². The first-order chi connectivity index (χ1) is 8.97. The van der Waals surface area contributed by atoms with Crippen LogP contribution in [0.2, 0.25) is 0 Å². The summed E-state index contributed by atoms with van der Waals surface area (Å²) in [5.74, 6) is -1.74. The quantitative estimate of drug-likeness (QED) is 0.678. The van der Waals surface area contributed by atoms with Crippen molar-refractivity contribution in [3.05, 3.63) is 51.7 Å². The monoisotopic (exact) mass is 265 g/mol. The zero-order chi connectivity index (χ0) is 14.0. The van der Waals surface area contributed by atoms with Gasteiger partial charge in [-0.25, -0.2) is 4.39 Å². The van der Waals surface area contributed by atoms with Gasteiger partial charge in [-0.15, -0.1) is 0 Å². The SMILES string of the molecule is Cc1coc(NC(=O)c2cc([N+](=O)[O-])ccc2F)n1. The van der Waals surface area contributed by atoms with Gasteiger partial charge < -0.3 is 4.42 Å². The molecule has 0 fully saturated rings. The van der Waals surface area contributed by atoms with Crippen molar-refractivity contribution in [2.45, 2.75) is 6.92 Å². The van der Waals surface area contributed by atoms with E-state index in [1.807, 2.05) is 0 Å². The standard InChI is InChI=1S/C11H8FN3O4/c1-6-5-19-11(13-6)14-10(16)8-4-7(15(17)18)2-3-9(8)12/h2-5H,1H3,(H,13,14,16). The number of carbonyl (C=O) groups is 1. The van der Waals surface area contributed by atoms with Gasteiger partial charge in [-0.2, -0.15) is 4.98 Å². The van der Waals surface area contributed by atoms with Gasteiger partial charge in [0.15, 0.2) is 0 Å². The third kappa shape index (κ3) is 2.73. The van der Waals surface area contributed by atoms with E-state index < -0.39 is 22.2 Å². The lowest BCUT2D eigenvalue weighted by atomic mass is 10.2. The molecule has 19 heavy (non-hydrogen) atoms. The van der Waals surface area contributed by atoms with Crippen molar-refractivity contribution >= 4 is 17.6 Å². The predicted octanol–water partition coefficient (Wildman–Crippen LogP) is 2.28. The fourth-order valence-electron chi connectivity index (χ4n) is 1.38. The maximum atomic E-state index is 13.5. The highest BCUT2D eigenvalue weighted by Gasteiger charge is 2.18. The molecule has 1 aromatic carbocycles. The molecule has 0 aliphatic carbocycles. The average molecular weight is 265 g/mol. The number of anilines is 1. The number of nitro benzene ring substituents is 1. The maximum absolute atomic E-state index is 13.5. The molecule has 1 amide bonds. The number of amides is 1. The zero-order valence-corrected chi connectivity index (χ0v) is 9.71. The molecule has 1 heterocycles. The fraction of sp³-hybridized carbons (Fsp3) is 0.0909. The molecule has 0 aliphatic rings. The Morgan fingerprint density at radius 1 is 1.53 bits per heavy atom. The van der Waals surface area contributed by atoms with Crippen LogP contribution < -0.4 is 5.32 Å². The summed E-state index contributed by atoms with van der Waals surface area (Å²) in [7, 11) is 0. The Labute approximate surface area is 106 Å². The van der Waals surface area contributed by atoms with E-state index in [4.69, 9.17) is 4.42 Å². The molecule has 2 rings (SSSR count). The van der Waals surface area contributed by atoms with Crippen molar-refractivity contribution in [2.75, 3.05) is 5.32 Å². The van der Waals surface area contributed by atoms with Crippen LogP contribution in [0.5, 0.6) is 0 Å². The molecule has 0 unspecified atom stereocenters. The van der Waals surface area contributed by atoms with Gasteiger partial charge >= 0.3 is 6.01 Å². The van der Waals surface area contributed by atoms with Gasteiger partial charge in [0, 0.05) is 12.1 Å². The number of oxazole rings is 1. The van der Waals surface area contributed by atoms with E-state index in [1.165, 1.54) is 6.26 Å². The number of carbonyl (C=O) groups excluding carboxylic acids is 1. The number of benzene rings is 1. The molecule has 98 valence electrons. The van der Waals surface area contributed by atoms with E-state index in [1.54, 1.807) is 6.92 Å². The minimum Gasteiger partial charge on any atom is -0.432 e. The van der Waals surface area contributed by atoms with Gasteiger partial charge in [0.1, 0.15) is 12.1 Å². The Hall–Kier alpha value is -2.77. The Morgan fingerprint density at radius 3 is 2.84 bits per heavy atom. The third-order valence-electron chi connectivity index (χ3n) is 2.24. The Kier molecular flexibility index (Phi) is 3.23. The van der Waals surface area contributed by atoms with E-state index in [-0.39, 0.29) is 11.7 Å². The van der Waals surface area contributed by atoms with Crippen LogP contribution in [0, 0.1) is 22.9 Å². The minimum atomic E-state index is -0.872. The van der Waals surface area contributed by atoms with Crippen molar-refractivity contribution < 1.29 is 18.5 Å². The molecule has 0 saturated heterocycles. The summed E-state index contributed by atoms with van der Waals surface area (Å²) < 4.78 is 18.3. The average Bonchev–Trinajstić information content (AvgIpc) is 2.74. The Morgan fingerprint density at radius 2 is 2.26 bits per heavy atom. The largest absolute Gasteiger partial charge is 0.432 e. The molecule has 0 saturated carbocycles. The first kappa shape index (κ1) is 12.7. The van der Waals surface area contributed by atoms with Gasteiger partial charge in [-0.1, -0.05) is 0 Å². The second kappa shape index (κ2) is 4.84. The Bertz CT molecular complexity index is 653. The number of rotatable bonds is 3. The number of nitrogens with zero attached hydrogens (tertiary/aromatic N) is 2. The topological polar surface area (TPSA) is 98.3 Å². The second-order valence-corrected chi connectivity index (χ2v) is 3.67. The van der Waals surface area contributed by atoms with Crippen LogP contribution in [0.15, 0.2) is 28.9 Å². The van der Waals surface area contributed by atoms with Crippen LogP contribution in [-0.4, -0.2) is 15.8 Å². The normalized spacial score (nSPS) is 10.2. The van der Waals surface area contributed by atoms with Gasteiger partial charge in [-0.05, 0) is 13.0 Å². The Balaban J connectivity index is 2.27. The molecule has 2 aromatic rings. The molecule has 8 heteroatoms. The lowest BCUT2D eigenvalue weighted by Crippen LogP contribution is -2.14. The zero-order valence-electron chi connectivity index (χ0n) is 9.71. The number of non-ortho nitro benzene ring substituents is 1. The van der Waals surface area contributed by atoms with Crippen LogP contribution in [-0.2, 0) is 0 Å². The number of aromatic nitrogens is 1. The van der Waals surface area contributed by atoms with E-state index >= 15 is 0 Å². The number of aryl methyl sites for hydroxylation is 1. The smallest absolute Gasteiger partial charge is 0.301 e. The summed E-state index contributed by atoms with van der Waals surface area (Å²) >= 11 is 0. The third-order valence-corrected chi connectivity index (χ3v) is 2.24. The number of hydrogen-bond donors (Lipinski definition) is 1.